The van der Waals surface area contributed by atoms with Crippen LogP contribution in [0.3, 0.4) is 0 Å². The molecular weight excluding hydrogens is 460 g/mol. The highest BCUT2D eigenvalue weighted by atomic mass is 19.1. The van der Waals surface area contributed by atoms with Crippen molar-refractivity contribution in [2.75, 3.05) is 31.2 Å². The van der Waals surface area contributed by atoms with Gasteiger partial charge in [0.1, 0.15) is 24.8 Å². The molecule has 2 aromatic heterocycles. The van der Waals surface area contributed by atoms with Gasteiger partial charge in [-0.3, -0.25) is 4.98 Å². The maximum absolute atomic E-state index is 15.0. The van der Waals surface area contributed by atoms with Crippen LogP contribution in [0.1, 0.15) is 50.4 Å². The second-order valence-electron chi connectivity index (χ2n) is 10.2. The SMILES string of the molecule is CCc1c(C)ncc(-c2cnc(OCCOc3ccc(F)c(C)c3)c(F)c2)c1N1CCC(C)(C)CC1. The fraction of sp³-hybridized carbons (Fsp3) is 0.448. The summed E-state index contributed by atoms with van der Waals surface area (Å²) in [5.74, 6) is -0.357. The van der Waals surface area contributed by atoms with E-state index in [1.165, 1.54) is 17.7 Å². The molecule has 0 spiro atoms. The zero-order chi connectivity index (χ0) is 25.9. The van der Waals surface area contributed by atoms with E-state index in [2.05, 4.69) is 35.6 Å². The molecule has 0 radical (unpaired) electrons. The molecule has 3 heterocycles. The summed E-state index contributed by atoms with van der Waals surface area (Å²) in [6.07, 6.45) is 6.54. The van der Waals surface area contributed by atoms with Crippen molar-refractivity contribution in [2.45, 2.75) is 53.9 Å². The number of hydrogen-bond acceptors (Lipinski definition) is 5. The van der Waals surface area contributed by atoms with Crippen molar-refractivity contribution in [1.82, 2.24) is 9.97 Å². The lowest BCUT2D eigenvalue weighted by atomic mass is 9.82. The number of halogens is 2. The van der Waals surface area contributed by atoms with Gasteiger partial charge in [-0.2, -0.15) is 0 Å². The minimum Gasteiger partial charge on any atom is -0.490 e. The van der Waals surface area contributed by atoms with E-state index in [0.717, 1.165) is 49.3 Å². The third-order valence-corrected chi connectivity index (χ3v) is 6.99. The highest BCUT2D eigenvalue weighted by Gasteiger charge is 2.28. The summed E-state index contributed by atoms with van der Waals surface area (Å²) in [6, 6.07) is 5.99. The molecule has 3 aromatic rings. The third kappa shape index (κ3) is 5.77. The summed E-state index contributed by atoms with van der Waals surface area (Å²) in [6.45, 7) is 12.7. The van der Waals surface area contributed by atoms with Crippen molar-refractivity contribution in [3.63, 3.8) is 0 Å². The predicted molar refractivity (Wildman–Crippen MR) is 139 cm³/mol. The van der Waals surface area contributed by atoms with Gasteiger partial charge in [0.05, 0.1) is 5.69 Å². The molecule has 4 rings (SSSR count). The quantitative estimate of drug-likeness (QED) is 0.326. The normalized spacial score (nSPS) is 15.1. The number of aromatic nitrogens is 2. The first-order chi connectivity index (χ1) is 17.2. The Kier molecular flexibility index (Phi) is 7.76. The van der Waals surface area contributed by atoms with Crippen LogP contribution in [-0.2, 0) is 6.42 Å². The van der Waals surface area contributed by atoms with E-state index in [4.69, 9.17) is 9.47 Å². The Morgan fingerprint density at radius 1 is 0.944 bits per heavy atom. The van der Waals surface area contributed by atoms with Crippen LogP contribution in [0.15, 0.2) is 36.7 Å². The summed E-state index contributed by atoms with van der Waals surface area (Å²) in [7, 11) is 0. The van der Waals surface area contributed by atoms with Gasteiger partial charge in [-0.05, 0) is 73.9 Å². The molecule has 0 saturated carbocycles. The average Bonchev–Trinajstić information content (AvgIpc) is 2.84. The lowest BCUT2D eigenvalue weighted by molar-refractivity contribution is 0.205. The highest BCUT2D eigenvalue weighted by Crippen LogP contribution is 2.40. The van der Waals surface area contributed by atoms with Gasteiger partial charge in [-0.1, -0.05) is 20.8 Å². The number of rotatable bonds is 8. The summed E-state index contributed by atoms with van der Waals surface area (Å²) < 4.78 is 39.5. The number of piperidine rings is 1. The molecule has 192 valence electrons. The van der Waals surface area contributed by atoms with Gasteiger partial charge in [-0.15, -0.1) is 0 Å². The predicted octanol–water partition coefficient (Wildman–Crippen LogP) is 6.69. The van der Waals surface area contributed by atoms with Crippen LogP contribution < -0.4 is 14.4 Å². The fourth-order valence-corrected chi connectivity index (χ4v) is 4.65. The smallest absolute Gasteiger partial charge is 0.250 e. The third-order valence-electron chi connectivity index (χ3n) is 6.99. The van der Waals surface area contributed by atoms with Crippen LogP contribution in [-0.4, -0.2) is 36.3 Å². The molecule has 0 bridgehead atoms. The Hall–Kier alpha value is -3.22. The molecule has 1 fully saturated rings. The van der Waals surface area contributed by atoms with Gasteiger partial charge in [-0.25, -0.2) is 13.8 Å². The molecule has 0 atom stereocenters. The maximum atomic E-state index is 15.0. The Bertz CT molecular complexity index is 1220. The van der Waals surface area contributed by atoms with E-state index in [9.17, 15) is 4.39 Å². The zero-order valence-corrected chi connectivity index (χ0v) is 21.8. The fourth-order valence-electron chi connectivity index (χ4n) is 4.65. The van der Waals surface area contributed by atoms with E-state index >= 15 is 4.39 Å². The van der Waals surface area contributed by atoms with Gasteiger partial charge in [0.15, 0.2) is 5.82 Å². The van der Waals surface area contributed by atoms with E-state index in [1.807, 2.05) is 13.1 Å². The Balaban J connectivity index is 1.50. The Morgan fingerprint density at radius 3 is 2.33 bits per heavy atom. The second-order valence-corrected chi connectivity index (χ2v) is 10.2. The minimum atomic E-state index is -0.533. The number of hydrogen-bond donors (Lipinski definition) is 0. The lowest BCUT2D eigenvalue weighted by Gasteiger charge is -2.40. The summed E-state index contributed by atoms with van der Waals surface area (Å²) >= 11 is 0. The topological polar surface area (TPSA) is 47.5 Å². The van der Waals surface area contributed by atoms with Gasteiger partial charge in [0, 0.05) is 42.3 Å². The molecule has 1 aromatic carbocycles. The molecule has 0 amide bonds. The van der Waals surface area contributed by atoms with E-state index in [-0.39, 0.29) is 24.9 Å². The highest BCUT2D eigenvalue weighted by molar-refractivity contribution is 5.81. The van der Waals surface area contributed by atoms with Crippen LogP contribution in [0.2, 0.25) is 0 Å². The number of ether oxygens (including phenoxy) is 2. The van der Waals surface area contributed by atoms with Crippen molar-refractivity contribution < 1.29 is 18.3 Å². The molecular formula is C29H35F2N3O2. The van der Waals surface area contributed by atoms with Gasteiger partial charge in [0.25, 0.3) is 5.88 Å². The van der Waals surface area contributed by atoms with Crippen molar-refractivity contribution in [3.05, 3.63) is 65.1 Å². The molecule has 1 aliphatic rings. The van der Waals surface area contributed by atoms with Gasteiger partial charge in [0.2, 0.25) is 0 Å². The molecule has 1 aliphatic heterocycles. The van der Waals surface area contributed by atoms with Crippen LogP contribution in [0.4, 0.5) is 14.5 Å². The first-order valence-corrected chi connectivity index (χ1v) is 12.6. The molecule has 36 heavy (non-hydrogen) atoms. The molecule has 5 nitrogen and oxygen atoms in total. The van der Waals surface area contributed by atoms with E-state index in [1.54, 1.807) is 25.3 Å². The van der Waals surface area contributed by atoms with Gasteiger partial charge < -0.3 is 14.4 Å². The summed E-state index contributed by atoms with van der Waals surface area (Å²) in [4.78, 5) is 11.3. The van der Waals surface area contributed by atoms with E-state index in [0.29, 0.717) is 22.3 Å². The molecule has 0 unspecified atom stereocenters. The first-order valence-electron chi connectivity index (χ1n) is 12.6. The van der Waals surface area contributed by atoms with Crippen molar-refractivity contribution in [1.29, 1.82) is 0 Å². The largest absolute Gasteiger partial charge is 0.490 e. The number of benzene rings is 1. The Labute approximate surface area is 212 Å². The van der Waals surface area contributed by atoms with Crippen LogP contribution in [0.25, 0.3) is 11.1 Å². The first kappa shape index (κ1) is 25.9. The van der Waals surface area contributed by atoms with Crippen molar-refractivity contribution >= 4 is 5.69 Å². The number of anilines is 1. The summed E-state index contributed by atoms with van der Waals surface area (Å²) in [5.41, 5.74) is 5.74. The standard InChI is InChI=1S/C29H35F2N3O2/c1-6-23-20(3)32-18-24(27(23)34-11-9-29(4,5)10-12-34)21-16-26(31)28(33-17-21)36-14-13-35-22-7-8-25(30)19(2)15-22/h7-8,15-18H,6,9-14H2,1-5H3. The Morgan fingerprint density at radius 2 is 1.67 bits per heavy atom. The average molecular weight is 496 g/mol. The second kappa shape index (κ2) is 10.8. The lowest BCUT2D eigenvalue weighted by Crippen LogP contribution is -2.38. The number of aryl methyl sites for hydroxylation is 2. The van der Waals surface area contributed by atoms with Crippen LogP contribution in [0.5, 0.6) is 11.6 Å². The molecule has 1 saturated heterocycles. The molecule has 7 heteroatoms. The zero-order valence-electron chi connectivity index (χ0n) is 21.8. The number of pyridine rings is 2. The van der Waals surface area contributed by atoms with Crippen LogP contribution >= 0.6 is 0 Å². The summed E-state index contributed by atoms with van der Waals surface area (Å²) in [5, 5.41) is 0. The molecule has 0 aliphatic carbocycles. The van der Waals surface area contributed by atoms with Crippen molar-refractivity contribution in [3.8, 4) is 22.8 Å². The monoisotopic (exact) mass is 495 g/mol. The van der Waals surface area contributed by atoms with Crippen LogP contribution in [0, 0.1) is 30.9 Å². The van der Waals surface area contributed by atoms with E-state index < -0.39 is 5.82 Å². The van der Waals surface area contributed by atoms with Gasteiger partial charge >= 0.3 is 0 Å². The maximum Gasteiger partial charge on any atom is 0.250 e. The molecule has 0 N–H and O–H groups in total. The van der Waals surface area contributed by atoms with Crippen molar-refractivity contribution in [2.24, 2.45) is 5.41 Å². The minimum absolute atomic E-state index is 0.0744. The number of nitrogens with zero attached hydrogens (tertiary/aromatic N) is 3.